The third-order valence-electron chi connectivity index (χ3n) is 2.66. The third-order valence-corrected chi connectivity index (χ3v) is 3.36. The fourth-order valence-electron chi connectivity index (χ4n) is 1.69. The summed E-state index contributed by atoms with van der Waals surface area (Å²) in [5.41, 5.74) is 6.28. The second-order valence-corrected chi connectivity index (χ2v) is 5.02. The van der Waals surface area contributed by atoms with Crippen LogP contribution in [0.2, 0.25) is 0 Å². The molecule has 0 saturated carbocycles. The lowest BCUT2D eigenvalue weighted by Crippen LogP contribution is -2.16. The summed E-state index contributed by atoms with van der Waals surface area (Å²) < 4.78 is 27.5. The van der Waals surface area contributed by atoms with E-state index in [4.69, 9.17) is 5.73 Å². The molecule has 2 aromatic rings. The zero-order valence-electron chi connectivity index (χ0n) is 10.3. The number of amides is 1. The average Bonchev–Trinajstić information content (AvgIpc) is 2.38. The van der Waals surface area contributed by atoms with Crippen molar-refractivity contribution in [3.63, 3.8) is 0 Å². The molecule has 0 aromatic heterocycles. The van der Waals surface area contributed by atoms with Gasteiger partial charge in [-0.2, -0.15) is 0 Å². The van der Waals surface area contributed by atoms with Gasteiger partial charge in [0, 0.05) is 15.7 Å². The lowest BCUT2D eigenvalue weighted by Gasteiger charge is -2.09. The third kappa shape index (κ3) is 3.33. The fraction of sp³-hybridized carbons (Fsp3) is 0.0714. The van der Waals surface area contributed by atoms with E-state index >= 15 is 0 Å². The Kier molecular flexibility index (Phi) is 4.34. The molecule has 104 valence electrons. The average molecular weight is 341 g/mol. The minimum absolute atomic E-state index is 0.259. The summed E-state index contributed by atoms with van der Waals surface area (Å²) >= 11 is 3.25. The van der Waals surface area contributed by atoms with Crippen LogP contribution < -0.4 is 11.1 Å². The molecule has 0 unspecified atom stereocenters. The second kappa shape index (κ2) is 6.00. The van der Waals surface area contributed by atoms with Crippen LogP contribution in [0.3, 0.4) is 0 Å². The van der Waals surface area contributed by atoms with Crippen LogP contribution in [0.25, 0.3) is 0 Å². The summed E-state index contributed by atoms with van der Waals surface area (Å²) in [7, 11) is 0. The highest BCUT2D eigenvalue weighted by Gasteiger charge is 2.14. The molecule has 0 aliphatic carbocycles. The molecule has 6 heteroatoms. The number of rotatable bonds is 3. The molecule has 0 radical (unpaired) electrons. The quantitative estimate of drug-likeness (QED) is 0.840. The van der Waals surface area contributed by atoms with Gasteiger partial charge in [0.1, 0.15) is 11.6 Å². The monoisotopic (exact) mass is 340 g/mol. The van der Waals surface area contributed by atoms with Crippen LogP contribution in [0.5, 0.6) is 0 Å². The molecule has 1 amide bonds. The molecule has 2 aromatic carbocycles. The predicted molar refractivity (Wildman–Crippen MR) is 77.2 cm³/mol. The Bertz CT molecular complexity index is 641. The molecule has 0 bridgehead atoms. The van der Waals surface area contributed by atoms with Crippen molar-refractivity contribution in [2.75, 3.05) is 11.1 Å². The first-order chi connectivity index (χ1) is 9.47. The SMILES string of the molecule is Nc1ccc(Br)c(NC(=O)Cc2c(F)cccc2F)c1. The van der Waals surface area contributed by atoms with Crippen LogP contribution in [0.1, 0.15) is 5.56 Å². The summed E-state index contributed by atoms with van der Waals surface area (Å²) in [5.74, 6) is -2.01. The van der Waals surface area contributed by atoms with Crippen molar-refractivity contribution in [3.8, 4) is 0 Å². The van der Waals surface area contributed by atoms with Gasteiger partial charge in [0.05, 0.1) is 12.1 Å². The first-order valence-electron chi connectivity index (χ1n) is 5.75. The Labute approximate surface area is 122 Å². The fourth-order valence-corrected chi connectivity index (χ4v) is 2.04. The van der Waals surface area contributed by atoms with E-state index in [1.165, 1.54) is 6.07 Å². The molecule has 0 spiro atoms. The number of nitrogens with one attached hydrogen (secondary N) is 1. The Hall–Kier alpha value is -1.95. The van der Waals surface area contributed by atoms with Crippen molar-refractivity contribution in [3.05, 3.63) is 58.1 Å². The molecule has 0 aliphatic heterocycles. The summed E-state index contributed by atoms with van der Waals surface area (Å²) in [4.78, 5) is 11.8. The molecule has 0 heterocycles. The van der Waals surface area contributed by atoms with Crippen LogP contribution in [0.4, 0.5) is 20.2 Å². The van der Waals surface area contributed by atoms with Gasteiger partial charge in [-0.3, -0.25) is 4.79 Å². The molecule has 3 N–H and O–H groups in total. The van der Waals surface area contributed by atoms with Crippen LogP contribution >= 0.6 is 15.9 Å². The molecular weight excluding hydrogens is 330 g/mol. The summed E-state index contributed by atoms with van der Waals surface area (Å²) in [5, 5.41) is 2.55. The van der Waals surface area contributed by atoms with Crippen LogP contribution in [0.15, 0.2) is 40.9 Å². The molecule has 2 rings (SSSR count). The largest absolute Gasteiger partial charge is 0.399 e. The first kappa shape index (κ1) is 14.5. The Balaban J connectivity index is 2.15. The van der Waals surface area contributed by atoms with Gasteiger partial charge in [0.25, 0.3) is 0 Å². The number of nitrogens with two attached hydrogens (primary N) is 1. The molecule has 0 fully saturated rings. The van der Waals surface area contributed by atoms with Crippen molar-refractivity contribution < 1.29 is 13.6 Å². The minimum Gasteiger partial charge on any atom is -0.399 e. The van der Waals surface area contributed by atoms with Gasteiger partial charge in [0.2, 0.25) is 5.91 Å². The number of hydrogen-bond acceptors (Lipinski definition) is 2. The van der Waals surface area contributed by atoms with Crippen molar-refractivity contribution in [2.45, 2.75) is 6.42 Å². The molecule has 0 aliphatic rings. The minimum atomic E-state index is -0.744. The Morgan fingerprint density at radius 2 is 1.85 bits per heavy atom. The van der Waals surface area contributed by atoms with Crippen LogP contribution in [0, 0.1) is 11.6 Å². The number of halogens is 3. The van der Waals surface area contributed by atoms with Gasteiger partial charge in [-0.15, -0.1) is 0 Å². The van der Waals surface area contributed by atoms with Crippen molar-refractivity contribution >= 4 is 33.2 Å². The number of nitrogen functional groups attached to an aromatic ring is 1. The molecular formula is C14H11BrF2N2O. The van der Waals surface area contributed by atoms with E-state index < -0.39 is 17.5 Å². The summed E-state index contributed by atoms with van der Waals surface area (Å²) in [6, 6.07) is 8.37. The zero-order valence-corrected chi connectivity index (χ0v) is 11.9. The Morgan fingerprint density at radius 1 is 1.20 bits per heavy atom. The van der Waals surface area contributed by atoms with Gasteiger partial charge in [-0.05, 0) is 46.3 Å². The highest BCUT2D eigenvalue weighted by atomic mass is 79.9. The van der Waals surface area contributed by atoms with Crippen molar-refractivity contribution in [1.29, 1.82) is 0 Å². The van der Waals surface area contributed by atoms with E-state index in [1.54, 1.807) is 18.2 Å². The number of benzene rings is 2. The highest BCUT2D eigenvalue weighted by molar-refractivity contribution is 9.10. The number of hydrogen-bond donors (Lipinski definition) is 2. The summed E-state index contributed by atoms with van der Waals surface area (Å²) in [6.45, 7) is 0. The number of anilines is 2. The van der Waals surface area contributed by atoms with Gasteiger partial charge < -0.3 is 11.1 Å². The molecule has 3 nitrogen and oxygen atoms in total. The van der Waals surface area contributed by atoms with Gasteiger partial charge in [-0.25, -0.2) is 8.78 Å². The number of carbonyl (C=O) groups is 1. The van der Waals surface area contributed by atoms with Crippen molar-refractivity contribution in [2.24, 2.45) is 0 Å². The maximum absolute atomic E-state index is 13.4. The van der Waals surface area contributed by atoms with E-state index in [0.29, 0.717) is 15.8 Å². The lowest BCUT2D eigenvalue weighted by atomic mass is 10.1. The Morgan fingerprint density at radius 3 is 2.50 bits per heavy atom. The van der Waals surface area contributed by atoms with Crippen LogP contribution in [-0.2, 0) is 11.2 Å². The normalized spacial score (nSPS) is 10.3. The second-order valence-electron chi connectivity index (χ2n) is 4.16. The van der Waals surface area contributed by atoms with E-state index in [0.717, 1.165) is 12.1 Å². The van der Waals surface area contributed by atoms with Gasteiger partial charge in [0.15, 0.2) is 0 Å². The molecule has 0 saturated heterocycles. The molecule has 0 atom stereocenters. The maximum atomic E-state index is 13.4. The number of carbonyl (C=O) groups excluding carboxylic acids is 1. The van der Waals surface area contributed by atoms with E-state index in [9.17, 15) is 13.6 Å². The maximum Gasteiger partial charge on any atom is 0.229 e. The van der Waals surface area contributed by atoms with Gasteiger partial charge in [-0.1, -0.05) is 6.07 Å². The topological polar surface area (TPSA) is 55.1 Å². The van der Waals surface area contributed by atoms with E-state index in [1.807, 2.05) is 0 Å². The lowest BCUT2D eigenvalue weighted by molar-refractivity contribution is -0.115. The highest BCUT2D eigenvalue weighted by Crippen LogP contribution is 2.25. The van der Waals surface area contributed by atoms with Crippen molar-refractivity contribution in [1.82, 2.24) is 0 Å². The van der Waals surface area contributed by atoms with E-state index in [2.05, 4.69) is 21.2 Å². The summed E-state index contributed by atoms with van der Waals surface area (Å²) in [6.07, 6.45) is -0.389. The smallest absolute Gasteiger partial charge is 0.229 e. The van der Waals surface area contributed by atoms with Crippen LogP contribution in [-0.4, -0.2) is 5.91 Å². The van der Waals surface area contributed by atoms with E-state index in [-0.39, 0.29) is 12.0 Å². The standard InChI is InChI=1S/C14H11BrF2N2O/c15-10-5-4-8(18)6-13(10)19-14(20)7-9-11(16)2-1-3-12(9)17/h1-6H,7,18H2,(H,19,20). The molecule has 20 heavy (non-hydrogen) atoms. The predicted octanol–water partition coefficient (Wildman–Crippen LogP) is 3.49. The van der Waals surface area contributed by atoms with Gasteiger partial charge >= 0.3 is 0 Å². The first-order valence-corrected chi connectivity index (χ1v) is 6.54. The zero-order chi connectivity index (χ0) is 14.7.